The summed E-state index contributed by atoms with van der Waals surface area (Å²) < 4.78 is 4.82. The highest BCUT2D eigenvalue weighted by atomic mass is 79.9. The third-order valence-electron chi connectivity index (χ3n) is 2.33. The lowest BCUT2D eigenvalue weighted by Gasteiger charge is -2.08. The van der Waals surface area contributed by atoms with Gasteiger partial charge in [-0.2, -0.15) is 4.37 Å². The molecule has 0 aliphatic heterocycles. The number of aromatic nitrogens is 2. The average molecular weight is 313 g/mol. The van der Waals surface area contributed by atoms with Crippen LogP contribution >= 0.6 is 27.5 Å². The van der Waals surface area contributed by atoms with Crippen molar-refractivity contribution in [2.75, 3.05) is 0 Å². The molecule has 0 saturated heterocycles. The molecule has 0 saturated carbocycles. The Labute approximate surface area is 111 Å². The summed E-state index contributed by atoms with van der Waals surface area (Å²) >= 11 is 4.47. The van der Waals surface area contributed by atoms with Gasteiger partial charge in [-0.3, -0.25) is 4.79 Å². The molecule has 1 heterocycles. The quantitative estimate of drug-likeness (QED) is 0.942. The summed E-state index contributed by atoms with van der Waals surface area (Å²) in [6.07, 6.45) is 1.81. The highest BCUT2D eigenvalue weighted by molar-refractivity contribution is 9.10. The van der Waals surface area contributed by atoms with Crippen molar-refractivity contribution in [3.8, 4) is 0 Å². The first kappa shape index (κ1) is 12.2. The highest BCUT2D eigenvalue weighted by Crippen LogP contribution is 2.22. The Morgan fingerprint density at radius 3 is 2.65 bits per heavy atom. The van der Waals surface area contributed by atoms with Gasteiger partial charge in [0.2, 0.25) is 0 Å². The van der Waals surface area contributed by atoms with Gasteiger partial charge < -0.3 is 5.11 Å². The van der Waals surface area contributed by atoms with Crippen LogP contribution in [0.3, 0.4) is 0 Å². The van der Waals surface area contributed by atoms with E-state index in [1.54, 1.807) is 0 Å². The zero-order valence-electron chi connectivity index (χ0n) is 8.71. The van der Waals surface area contributed by atoms with E-state index < -0.39 is 11.9 Å². The Morgan fingerprint density at radius 1 is 1.41 bits per heavy atom. The number of nitrogens with zero attached hydrogens (tertiary/aromatic N) is 2. The van der Waals surface area contributed by atoms with E-state index in [1.165, 1.54) is 6.33 Å². The number of carboxylic acid groups (broad SMARTS) is 1. The van der Waals surface area contributed by atoms with Crippen molar-refractivity contribution in [1.82, 2.24) is 9.36 Å². The fourth-order valence-corrected chi connectivity index (χ4v) is 2.34. The van der Waals surface area contributed by atoms with Gasteiger partial charge in [-0.1, -0.05) is 28.1 Å². The Hall–Kier alpha value is -1.27. The van der Waals surface area contributed by atoms with Crippen LogP contribution in [0.2, 0.25) is 0 Å². The standard InChI is InChI=1S/C11H9BrN2O2S/c12-8-3-1-7(2-4-8)5-9(11(15)16)10-13-6-14-17-10/h1-4,6,9H,5H2,(H,15,16). The summed E-state index contributed by atoms with van der Waals surface area (Å²) in [5.41, 5.74) is 0.968. The van der Waals surface area contributed by atoms with Crippen molar-refractivity contribution in [2.24, 2.45) is 0 Å². The molecule has 0 radical (unpaired) electrons. The van der Waals surface area contributed by atoms with Crippen LogP contribution in [0.5, 0.6) is 0 Å². The number of carbonyl (C=O) groups is 1. The normalized spacial score (nSPS) is 12.3. The monoisotopic (exact) mass is 312 g/mol. The van der Waals surface area contributed by atoms with Gasteiger partial charge in [0.1, 0.15) is 17.3 Å². The third-order valence-corrected chi connectivity index (χ3v) is 3.63. The molecule has 0 aliphatic rings. The summed E-state index contributed by atoms with van der Waals surface area (Å²) in [6, 6.07) is 7.60. The van der Waals surface area contributed by atoms with Crippen LogP contribution in [0.15, 0.2) is 35.1 Å². The van der Waals surface area contributed by atoms with Crippen LogP contribution in [0.25, 0.3) is 0 Å². The minimum Gasteiger partial charge on any atom is -0.481 e. The molecule has 88 valence electrons. The maximum atomic E-state index is 11.2. The lowest BCUT2D eigenvalue weighted by atomic mass is 10.0. The molecule has 17 heavy (non-hydrogen) atoms. The van der Waals surface area contributed by atoms with E-state index in [0.717, 1.165) is 21.6 Å². The second-order valence-electron chi connectivity index (χ2n) is 3.50. The van der Waals surface area contributed by atoms with Gasteiger partial charge in [0.25, 0.3) is 0 Å². The minimum absolute atomic E-state index is 0.428. The molecule has 0 amide bonds. The molecule has 1 aromatic heterocycles. The predicted octanol–water partition coefficient (Wildman–Crippen LogP) is 2.71. The number of aliphatic carboxylic acids is 1. The first-order valence-electron chi connectivity index (χ1n) is 4.90. The number of hydrogen-bond acceptors (Lipinski definition) is 4. The van der Waals surface area contributed by atoms with Crippen molar-refractivity contribution in [3.63, 3.8) is 0 Å². The molecule has 0 aliphatic carbocycles. The first-order chi connectivity index (χ1) is 8.16. The van der Waals surface area contributed by atoms with Gasteiger partial charge in [-0.25, -0.2) is 4.98 Å². The van der Waals surface area contributed by atoms with Crippen molar-refractivity contribution >= 4 is 33.4 Å². The number of hydrogen-bond donors (Lipinski definition) is 1. The van der Waals surface area contributed by atoms with Gasteiger partial charge in [0, 0.05) is 4.47 Å². The molecule has 4 nitrogen and oxygen atoms in total. The van der Waals surface area contributed by atoms with E-state index in [9.17, 15) is 9.90 Å². The Morgan fingerprint density at radius 2 is 2.12 bits per heavy atom. The highest BCUT2D eigenvalue weighted by Gasteiger charge is 2.23. The van der Waals surface area contributed by atoms with Gasteiger partial charge >= 0.3 is 5.97 Å². The average Bonchev–Trinajstić information content (AvgIpc) is 2.81. The molecular formula is C11H9BrN2O2S. The zero-order chi connectivity index (χ0) is 12.3. The molecule has 0 spiro atoms. The number of halogens is 1. The predicted molar refractivity (Wildman–Crippen MR) is 68.1 cm³/mol. The van der Waals surface area contributed by atoms with E-state index >= 15 is 0 Å². The van der Waals surface area contributed by atoms with Crippen LogP contribution in [0.1, 0.15) is 16.5 Å². The molecule has 1 aromatic carbocycles. The van der Waals surface area contributed by atoms with E-state index in [2.05, 4.69) is 25.3 Å². The molecular weight excluding hydrogens is 304 g/mol. The molecule has 6 heteroatoms. The molecule has 1 atom stereocenters. The molecule has 2 aromatic rings. The largest absolute Gasteiger partial charge is 0.481 e. The van der Waals surface area contributed by atoms with Crippen LogP contribution in [0.4, 0.5) is 0 Å². The summed E-state index contributed by atoms with van der Waals surface area (Å²) in [5.74, 6) is -1.49. The first-order valence-corrected chi connectivity index (χ1v) is 6.47. The zero-order valence-corrected chi connectivity index (χ0v) is 11.1. The van der Waals surface area contributed by atoms with Crippen LogP contribution in [-0.4, -0.2) is 20.4 Å². The Kier molecular flexibility index (Phi) is 3.86. The molecule has 2 rings (SSSR count). The summed E-state index contributed by atoms with van der Waals surface area (Å²) in [4.78, 5) is 15.2. The third kappa shape index (κ3) is 3.10. The fourth-order valence-electron chi connectivity index (χ4n) is 1.47. The maximum absolute atomic E-state index is 11.2. The smallest absolute Gasteiger partial charge is 0.313 e. The van der Waals surface area contributed by atoms with Gasteiger partial charge in [0.05, 0.1) is 0 Å². The Bertz CT molecular complexity index is 499. The van der Waals surface area contributed by atoms with E-state index in [0.29, 0.717) is 11.4 Å². The van der Waals surface area contributed by atoms with Crippen LogP contribution < -0.4 is 0 Å². The summed E-state index contributed by atoms with van der Waals surface area (Å²) in [5, 5.41) is 9.73. The van der Waals surface area contributed by atoms with E-state index in [-0.39, 0.29) is 0 Å². The summed E-state index contributed by atoms with van der Waals surface area (Å²) in [6.45, 7) is 0. The van der Waals surface area contributed by atoms with Gasteiger partial charge in [-0.05, 0) is 35.6 Å². The van der Waals surface area contributed by atoms with Gasteiger partial charge in [-0.15, -0.1) is 0 Å². The lowest BCUT2D eigenvalue weighted by Crippen LogP contribution is -2.14. The second kappa shape index (κ2) is 5.37. The van der Waals surface area contributed by atoms with Crippen molar-refractivity contribution in [2.45, 2.75) is 12.3 Å². The topological polar surface area (TPSA) is 63.1 Å². The van der Waals surface area contributed by atoms with Crippen molar-refractivity contribution in [3.05, 3.63) is 45.6 Å². The second-order valence-corrected chi connectivity index (χ2v) is 5.23. The van der Waals surface area contributed by atoms with Crippen LogP contribution in [0, 0.1) is 0 Å². The lowest BCUT2D eigenvalue weighted by molar-refractivity contribution is -0.138. The molecule has 0 bridgehead atoms. The van der Waals surface area contributed by atoms with Gasteiger partial charge in [0.15, 0.2) is 0 Å². The van der Waals surface area contributed by atoms with Crippen molar-refractivity contribution < 1.29 is 9.90 Å². The SMILES string of the molecule is O=C(O)C(Cc1ccc(Br)cc1)c1ncns1. The maximum Gasteiger partial charge on any atom is 0.313 e. The molecule has 1 N–H and O–H groups in total. The number of benzene rings is 1. The summed E-state index contributed by atoms with van der Waals surface area (Å²) in [7, 11) is 0. The van der Waals surface area contributed by atoms with Crippen LogP contribution in [-0.2, 0) is 11.2 Å². The minimum atomic E-state index is -0.871. The van der Waals surface area contributed by atoms with Crippen molar-refractivity contribution in [1.29, 1.82) is 0 Å². The molecule has 0 fully saturated rings. The Balaban J connectivity index is 2.19. The van der Waals surface area contributed by atoms with E-state index in [1.807, 2.05) is 24.3 Å². The van der Waals surface area contributed by atoms with E-state index in [4.69, 9.17) is 0 Å². The fraction of sp³-hybridized carbons (Fsp3) is 0.182. The molecule has 1 unspecified atom stereocenters. The number of carboxylic acids is 1. The number of rotatable bonds is 4.